The Morgan fingerprint density at radius 3 is 3.00 bits per heavy atom. The molecule has 2 rings (SSSR count). The van der Waals surface area contributed by atoms with Crippen molar-refractivity contribution in [3.05, 3.63) is 34.4 Å². The highest BCUT2D eigenvalue weighted by Gasteiger charge is 2.20. The van der Waals surface area contributed by atoms with Gasteiger partial charge in [0, 0.05) is 18.2 Å². The predicted molar refractivity (Wildman–Crippen MR) is 62.9 cm³/mol. The molecule has 2 atom stereocenters. The first-order valence-electron chi connectivity index (χ1n) is 5.78. The summed E-state index contributed by atoms with van der Waals surface area (Å²) in [5.41, 5.74) is -0.0622. The summed E-state index contributed by atoms with van der Waals surface area (Å²) < 4.78 is 4.66. The lowest BCUT2D eigenvalue weighted by molar-refractivity contribution is 0.0923. The molecule has 0 aliphatic carbocycles. The third-order valence-corrected chi connectivity index (χ3v) is 2.92. The Balaban J connectivity index is 1.96. The maximum atomic E-state index is 11.8. The zero-order valence-corrected chi connectivity index (χ0v) is 9.73. The molecule has 17 heavy (non-hydrogen) atoms. The Kier molecular flexibility index (Phi) is 3.58. The Morgan fingerprint density at radius 2 is 2.35 bits per heavy atom. The molecule has 1 saturated heterocycles. The van der Waals surface area contributed by atoms with Crippen molar-refractivity contribution in [3.8, 4) is 0 Å². The lowest BCUT2D eigenvalue weighted by Crippen LogP contribution is -2.46. The van der Waals surface area contributed by atoms with Crippen molar-refractivity contribution >= 4 is 5.91 Å². The molecule has 0 radical (unpaired) electrons. The van der Waals surface area contributed by atoms with Crippen molar-refractivity contribution in [2.75, 3.05) is 6.54 Å². The fraction of sp³-hybridized carbons (Fsp3) is 0.500. The summed E-state index contributed by atoms with van der Waals surface area (Å²) in [7, 11) is 0. The molecule has 2 heterocycles. The molecular formula is C12H16N2O3. The van der Waals surface area contributed by atoms with E-state index in [0.717, 1.165) is 19.4 Å². The second-order valence-corrected chi connectivity index (χ2v) is 4.39. The molecule has 0 saturated carbocycles. The van der Waals surface area contributed by atoms with Gasteiger partial charge in [-0.1, -0.05) is 0 Å². The van der Waals surface area contributed by atoms with E-state index in [4.69, 9.17) is 0 Å². The maximum absolute atomic E-state index is 11.8. The molecule has 92 valence electrons. The van der Waals surface area contributed by atoms with Gasteiger partial charge in [0.1, 0.15) is 6.26 Å². The highest BCUT2D eigenvalue weighted by molar-refractivity contribution is 5.93. The number of nitrogens with one attached hydrogen (secondary N) is 2. The van der Waals surface area contributed by atoms with Crippen LogP contribution >= 0.6 is 0 Å². The molecule has 5 heteroatoms. The molecule has 1 fully saturated rings. The van der Waals surface area contributed by atoms with Crippen LogP contribution in [0, 0.1) is 0 Å². The van der Waals surface area contributed by atoms with Gasteiger partial charge in [-0.05, 0) is 32.4 Å². The smallest absolute Gasteiger partial charge is 0.335 e. The first-order chi connectivity index (χ1) is 8.15. The zero-order valence-electron chi connectivity index (χ0n) is 9.73. The van der Waals surface area contributed by atoms with Crippen LogP contribution in [0.25, 0.3) is 0 Å². The Hall–Kier alpha value is -1.62. The number of carbonyl (C=O) groups excluding carboxylic acids is 1. The molecule has 2 unspecified atom stereocenters. The van der Waals surface area contributed by atoms with Crippen LogP contribution in [-0.2, 0) is 0 Å². The SMILES string of the molecule is CC1CC(NC(=O)c2ccc(=O)oc2)CCN1. The number of hydrogen-bond donors (Lipinski definition) is 2. The fourth-order valence-corrected chi connectivity index (χ4v) is 2.02. The van der Waals surface area contributed by atoms with Crippen LogP contribution in [0.4, 0.5) is 0 Å². The van der Waals surface area contributed by atoms with Gasteiger partial charge in [-0.3, -0.25) is 4.79 Å². The summed E-state index contributed by atoms with van der Waals surface area (Å²) in [4.78, 5) is 22.6. The highest BCUT2D eigenvalue weighted by Crippen LogP contribution is 2.09. The van der Waals surface area contributed by atoms with Gasteiger partial charge in [-0.25, -0.2) is 4.79 Å². The molecule has 0 aromatic carbocycles. The minimum Gasteiger partial charge on any atom is -0.430 e. The average Bonchev–Trinajstić information content (AvgIpc) is 2.29. The van der Waals surface area contributed by atoms with Gasteiger partial charge in [-0.2, -0.15) is 0 Å². The first-order valence-corrected chi connectivity index (χ1v) is 5.78. The van der Waals surface area contributed by atoms with Crippen molar-refractivity contribution in [1.29, 1.82) is 0 Å². The molecule has 1 aromatic rings. The first kappa shape index (κ1) is 11.9. The molecule has 5 nitrogen and oxygen atoms in total. The number of rotatable bonds is 2. The van der Waals surface area contributed by atoms with Crippen molar-refractivity contribution in [2.45, 2.75) is 31.8 Å². The van der Waals surface area contributed by atoms with Gasteiger partial charge in [0.2, 0.25) is 0 Å². The topological polar surface area (TPSA) is 71.3 Å². The third kappa shape index (κ3) is 3.17. The number of hydrogen-bond acceptors (Lipinski definition) is 4. The molecule has 1 amide bonds. The number of carbonyl (C=O) groups is 1. The number of amides is 1. The lowest BCUT2D eigenvalue weighted by Gasteiger charge is -2.28. The van der Waals surface area contributed by atoms with E-state index in [0.29, 0.717) is 11.6 Å². The van der Waals surface area contributed by atoms with E-state index in [9.17, 15) is 9.59 Å². The maximum Gasteiger partial charge on any atom is 0.335 e. The quantitative estimate of drug-likeness (QED) is 0.785. The molecule has 0 bridgehead atoms. The Bertz CT molecular complexity index is 435. The predicted octanol–water partition coefficient (Wildman–Crippen LogP) is 0.510. The van der Waals surface area contributed by atoms with E-state index in [1.54, 1.807) is 0 Å². The van der Waals surface area contributed by atoms with Crippen molar-refractivity contribution < 1.29 is 9.21 Å². The van der Waals surface area contributed by atoms with Crippen LogP contribution in [0.5, 0.6) is 0 Å². The van der Waals surface area contributed by atoms with Crippen LogP contribution < -0.4 is 16.3 Å². The van der Waals surface area contributed by atoms with Gasteiger partial charge in [0.15, 0.2) is 0 Å². The molecular weight excluding hydrogens is 220 g/mol. The van der Waals surface area contributed by atoms with Crippen LogP contribution in [-0.4, -0.2) is 24.5 Å². The Morgan fingerprint density at radius 1 is 1.53 bits per heavy atom. The van der Waals surface area contributed by atoms with Gasteiger partial charge in [0.25, 0.3) is 5.91 Å². The van der Waals surface area contributed by atoms with Crippen molar-refractivity contribution in [3.63, 3.8) is 0 Å². The van der Waals surface area contributed by atoms with E-state index in [1.165, 1.54) is 18.4 Å². The van der Waals surface area contributed by atoms with Crippen molar-refractivity contribution in [1.82, 2.24) is 10.6 Å². The van der Waals surface area contributed by atoms with Gasteiger partial charge in [-0.15, -0.1) is 0 Å². The van der Waals surface area contributed by atoms with E-state index < -0.39 is 5.63 Å². The standard InChI is InChI=1S/C12H16N2O3/c1-8-6-10(4-5-13-8)14-12(16)9-2-3-11(15)17-7-9/h2-3,7-8,10,13H,4-6H2,1H3,(H,14,16). The fourth-order valence-electron chi connectivity index (χ4n) is 2.02. The summed E-state index contributed by atoms with van der Waals surface area (Å²) in [5.74, 6) is -0.187. The average molecular weight is 236 g/mol. The molecule has 1 aromatic heterocycles. The van der Waals surface area contributed by atoms with E-state index >= 15 is 0 Å². The van der Waals surface area contributed by atoms with Gasteiger partial charge >= 0.3 is 5.63 Å². The summed E-state index contributed by atoms with van der Waals surface area (Å²) in [6.45, 7) is 3.01. The summed E-state index contributed by atoms with van der Waals surface area (Å²) >= 11 is 0. The summed E-state index contributed by atoms with van der Waals surface area (Å²) in [5, 5.41) is 6.27. The molecule has 0 spiro atoms. The van der Waals surface area contributed by atoms with Gasteiger partial charge < -0.3 is 15.1 Å². The van der Waals surface area contributed by atoms with E-state index in [1.807, 2.05) is 0 Å². The monoisotopic (exact) mass is 236 g/mol. The Labute approximate surface area is 99.2 Å². The zero-order chi connectivity index (χ0) is 12.3. The lowest BCUT2D eigenvalue weighted by atomic mass is 10.0. The largest absolute Gasteiger partial charge is 0.430 e. The van der Waals surface area contributed by atoms with Crippen LogP contribution in [0.3, 0.4) is 0 Å². The molecule has 1 aliphatic rings. The van der Waals surface area contributed by atoms with Crippen LogP contribution in [0.2, 0.25) is 0 Å². The highest BCUT2D eigenvalue weighted by atomic mass is 16.4. The third-order valence-electron chi connectivity index (χ3n) is 2.92. The summed E-state index contributed by atoms with van der Waals surface area (Å²) in [6.07, 6.45) is 3.04. The second-order valence-electron chi connectivity index (χ2n) is 4.39. The van der Waals surface area contributed by atoms with E-state index in [-0.39, 0.29) is 11.9 Å². The van der Waals surface area contributed by atoms with E-state index in [2.05, 4.69) is 22.0 Å². The minimum atomic E-state index is -0.447. The van der Waals surface area contributed by atoms with Gasteiger partial charge in [0.05, 0.1) is 5.56 Å². The van der Waals surface area contributed by atoms with Crippen LogP contribution in [0.15, 0.2) is 27.6 Å². The summed E-state index contributed by atoms with van der Waals surface area (Å²) in [6, 6.07) is 3.33. The molecule has 1 aliphatic heterocycles. The normalized spacial score (nSPS) is 24.3. The van der Waals surface area contributed by atoms with Crippen molar-refractivity contribution in [2.24, 2.45) is 0 Å². The minimum absolute atomic E-state index is 0.186. The molecule has 2 N–H and O–H groups in total. The van der Waals surface area contributed by atoms with Crippen LogP contribution in [0.1, 0.15) is 30.1 Å². The number of piperidine rings is 1. The second kappa shape index (κ2) is 5.14.